The van der Waals surface area contributed by atoms with Crippen molar-refractivity contribution in [1.82, 2.24) is 20.1 Å². The van der Waals surface area contributed by atoms with Crippen LogP contribution in [0.3, 0.4) is 0 Å². The number of thioether (sulfide) groups is 1. The van der Waals surface area contributed by atoms with Gasteiger partial charge in [0.1, 0.15) is 0 Å². The Kier molecular flexibility index (Phi) is 6.77. The molecule has 174 valence electrons. The molecule has 2 aromatic heterocycles. The van der Waals surface area contributed by atoms with E-state index in [0.29, 0.717) is 16.7 Å². The quantitative estimate of drug-likeness (QED) is 0.279. The maximum absolute atomic E-state index is 13.4. The van der Waals surface area contributed by atoms with Gasteiger partial charge < -0.3 is 9.73 Å². The lowest BCUT2D eigenvalue weighted by atomic mass is 9.98. The summed E-state index contributed by atoms with van der Waals surface area (Å²) in [4.78, 5) is 13.4. The highest BCUT2D eigenvalue weighted by Crippen LogP contribution is 2.31. The van der Waals surface area contributed by atoms with Crippen molar-refractivity contribution in [2.45, 2.75) is 23.4 Å². The number of benzene rings is 3. The van der Waals surface area contributed by atoms with E-state index >= 15 is 0 Å². The van der Waals surface area contributed by atoms with Crippen molar-refractivity contribution >= 4 is 17.7 Å². The van der Waals surface area contributed by atoms with Crippen molar-refractivity contribution in [3.8, 4) is 17.3 Å². The second-order valence-electron chi connectivity index (χ2n) is 7.98. The predicted octanol–water partition coefficient (Wildman–Crippen LogP) is 5.91. The third kappa shape index (κ3) is 5.05. The van der Waals surface area contributed by atoms with E-state index in [1.54, 1.807) is 6.26 Å². The molecule has 0 bridgehead atoms. The Morgan fingerprint density at radius 2 is 1.43 bits per heavy atom. The molecule has 5 rings (SSSR count). The summed E-state index contributed by atoms with van der Waals surface area (Å²) in [5.74, 6) is 1.11. The summed E-state index contributed by atoms with van der Waals surface area (Å²) in [5.41, 5.74) is 2.94. The lowest BCUT2D eigenvalue weighted by molar-refractivity contribution is -0.120. The number of hydrogen-bond donors (Lipinski definition) is 1. The van der Waals surface area contributed by atoms with E-state index in [2.05, 4.69) is 15.5 Å². The summed E-state index contributed by atoms with van der Waals surface area (Å²) >= 11 is 1.36. The molecule has 0 aliphatic carbocycles. The number of rotatable bonds is 8. The minimum Gasteiger partial charge on any atom is -0.461 e. The number of nitrogens with zero attached hydrogens (tertiary/aromatic N) is 3. The predicted molar refractivity (Wildman–Crippen MR) is 137 cm³/mol. The molecule has 35 heavy (non-hydrogen) atoms. The Hall–Kier alpha value is -4.10. The van der Waals surface area contributed by atoms with Crippen LogP contribution in [-0.2, 0) is 4.79 Å². The highest BCUT2D eigenvalue weighted by molar-refractivity contribution is 8.00. The molecule has 0 fully saturated rings. The second-order valence-corrected chi connectivity index (χ2v) is 9.29. The van der Waals surface area contributed by atoms with Crippen molar-refractivity contribution < 1.29 is 9.21 Å². The number of aromatic nitrogens is 3. The average Bonchev–Trinajstić information content (AvgIpc) is 3.59. The molecular weight excluding hydrogens is 456 g/mol. The molecule has 5 aromatic rings. The number of carbonyl (C=O) groups is 1. The third-order valence-electron chi connectivity index (χ3n) is 5.59. The number of hydrogen-bond acceptors (Lipinski definition) is 5. The van der Waals surface area contributed by atoms with Gasteiger partial charge in [0.05, 0.1) is 17.6 Å². The van der Waals surface area contributed by atoms with E-state index in [0.717, 1.165) is 16.8 Å². The normalized spacial score (nSPS) is 11.9. The Labute approximate surface area is 208 Å². The Morgan fingerprint density at radius 1 is 0.829 bits per heavy atom. The van der Waals surface area contributed by atoms with Crippen LogP contribution in [0.2, 0.25) is 0 Å². The first-order valence-electron chi connectivity index (χ1n) is 11.3. The maximum atomic E-state index is 13.4. The molecule has 3 aromatic carbocycles. The van der Waals surface area contributed by atoms with Gasteiger partial charge in [-0.1, -0.05) is 90.6 Å². The topological polar surface area (TPSA) is 73.0 Å². The van der Waals surface area contributed by atoms with E-state index in [1.165, 1.54) is 11.8 Å². The van der Waals surface area contributed by atoms with Gasteiger partial charge in [-0.15, -0.1) is 10.2 Å². The van der Waals surface area contributed by atoms with Crippen molar-refractivity contribution in [2.75, 3.05) is 0 Å². The number of amides is 1. The molecule has 1 unspecified atom stereocenters. The van der Waals surface area contributed by atoms with E-state index in [9.17, 15) is 4.79 Å². The van der Waals surface area contributed by atoms with Gasteiger partial charge in [0.15, 0.2) is 10.9 Å². The van der Waals surface area contributed by atoms with E-state index in [1.807, 2.05) is 115 Å². The van der Waals surface area contributed by atoms with E-state index < -0.39 is 5.25 Å². The van der Waals surface area contributed by atoms with Gasteiger partial charge >= 0.3 is 0 Å². The zero-order chi connectivity index (χ0) is 24.0. The molecule has 0 saturated heterocycles. The lowest BCUT2D eigenvalue weighted by Crippen LogP contribution is -2.35. The SMILES string of the molecule is CC(Sc1nnc(-c2ccco2)n1-c1ccccc1)C(=O)NC(c1ccccc1)c1ccccc1. The summed E-state index contributed by atoms with van der Waals surface area (Å²) < 4.78 is 7.50. The van der Waals surface area contributed by atoms with Crippen LogP contribution >= 0.6 is 11.8 Å². The van der Waals surface area contributed by atoms with Gasteiger partial charge in [-0.25, -0.2) is 0 Å². The Balaban J connectivity index is 1.41. The molecule has 1 N–H and O–H groups in total. The van der Waals surface area contributed by atoms with Gasteiger partial charge in [-0.2, -0.15) is 0 Å². The van der Waals surface area contributed by atoms with Gasteiger partial charge in [0, 0.05) is 5.69 Å². The number of nitrogens with one attached hydrogen (secondary N) is 1. The van der Waals surface area contributed by atoms with Crippen molar-refractivity contribution in [3.05, 3.63) is 121 Å². The van der Waals surface area contributed by atoms with Gasteiger partial charge in [0.2, 0.25) is 11.7 Å². The Bertz CT molecular complexity index is 1330. The standard InChI is InChI=1S/C28H24N4O2S/c1-20(27(33)29-25(21-12-5-2-6-13-21)22-14-7-3-8-15-22)35-28-31-30-26(24-18-11-19-34-24)32(28)23-16-9-4-10-17-23/h2-20,25H,1H3,(H,29,33). The number of para-hydroxylation sites is 1. The number of furan rings is 1. The molecule has 0 aliphatic rings. The molecule has 1 amide bonds. The summed E-state index contributed by atoms with van der Waals surface area (Å²) in [6.45, 7) is 1.88. The maximum Gasteiger partial charge on any atom is 0.234 e. The smallest absolute Gasteiger partial charge is 0.234 e. The molecule has 0 saturated carbocycles. The van der Waals surface area contributed by atoms with E-state index in [-0.39, 0.29) is 11.9 Å². The first kappa shape index (κ1) is 22.7. The molecular formula is C28H24N4O2S. The highest BCUT2D eigenvalue weighted by Gasteiger charge is 2.25. The van der Waals surface area contributed by atoms with Gasteiger partial charge in [-0.05, 0) is 42.3 Å². The van der Waals surface area contributed by atoms with Crippen LogP contribution in [0.25, 0.3) is 17.3 Å². The monoisotopic (exact) mass is 480 g/mol. The van der Waals surface area contributed by atoms with Crippen molar-refractivity contribution in [1.29, 1.82) is 0 Å². The fourth-order valence-corrected chi connectivity index (χ4v) is 4.72. The minimum absolute atomic E-state index is 0.0881. The van der Waals surface area contributed by atoms with Crippen LogP contribution < -0.4 is 5.32 Å². The molecule has 0 aliphatic heterocycles. The summed E-state index contributed by atoms with van der Waals surface area (Å²) in [5, 5.41) is 12.2. The summed E-state index contributed by atoms with van der Waals surface area (Å²) in [6, 6.07) is 33.2. The molecule has 1 atom stereocenters. The second kappa shape index (κ2) is 10.4. The highest BCUT2D eigenvalue weighted by atomic mass is 32.2. The van der Waals surface area contributed by atoms with Gasteiger partial charge in [-0.3, -0.25) is 9.36 Å². The molecule has 0 spiro atoms. The van der Waals surface area contributed by atoms with Crippen LogP contribution in [0.5, 0.6) is 0 Å². The van der Waals surface area contributed by atoms with Crippen LogP contribution in [0.1, 0.15) is 24.1 Å². The fraction of sp³-hybridized carbons (Fsp3) is 0.107. The lowest BCUT2D eigenvalue weighted by Gasteiger charge is -2.22. The fourth-order valence-electron chi connectivity index (χ4n) is 3.84. The molecule has 0 radical (unpaired) electrons. The zero-order valence-corrected chi connectivity index (χ0v) is 19.9. The summed E-state index contributed by atoms with van der Waals surface area (Å²) in [6.07, 6.45) is 1.61. The van der Waals surface area contributed by atoms with Crippen LogP contribution in [-0.4, -0.2) is 25.9 Å². The largest absolute Gasteiger partial charge is 0.461 e. The van der Waals surface area contributed by atoms with Crippen LogP contribution in [0, 0.1) is 0 Å². The van der Waals surface area contributed by atoms with Crippen molar-refractivity contribution in [2.24, 2.45) is 0 Å². The minimum atomic E-state index is -0.416. The van der Waals surface area contributed by atoms with Gasteiger partial charge in [0.25, 0.3) is 0 Å². The first-order chi connectivity index (χ1) is 17.2. The Morgan fingerprint density at radius 3 is 2.00 bits per heavy atom. The van der Waals surface area contributed by atoms with E-state index in [4.69, 9.17) is 4.42 Å². The number of carbonyl (C=O) groups excluding carboxylic acids is 1. The third-order valence-corrected chi connectivity index (χ3v) is 6.64. The van der Waals surface area contributed by atoms with Crippen LogP contribution in [0.4, 0.5) is 0 Å². The zero-order valence-electron chi connectivity index (χ0n) is 19.1. The molecule has 6 nitrogen and oxygen atoms in total. The first-order valence-corrected chi connectivity index (χ1v) is 12.2. The molecule has 7 heteroatoms. The van der Waals surface area contributed by atoms with Crippen LogP contribution in [0.15, 0.2) is 119 Å². The average molecular weight is 481 g/mol. The summed E-state index contributed by atoms with van der Waals surface area (Å²) in [7, 11) is 0. The van der Waals surface area contributed by atoms with Crippen molar-refractivity contribution in [3.63, 3.8) is 0 Å². The molecule has 2 heterocycles.